The summed E-state index contributed by atoms with van der Waals surface area (Å²) in [7, 11) is -0.651. The van der Waals surface area contributed by atoms with Gasteiger partial charge in [0.2, 0.25) is 15.9 Å². The third-order valence-electron chi connectivity index (χ3n) is 5.76. The van der Waals surface area contributed by atoms with Crippen LogP contribution in [0.1, 0.15) is 32.6 Å². The number of methoxy groups -OCH3 is 2. The Hall–Kier alpha value is -1.84. The highest BCUT2D eigenvalue weighted by Crippen LogP contribution is 2.32. The van der Waals surface area contributed by atoms with Gasteiger partial charge in [-0.3, -0.25) is 4.79 Å². The average Bonchev–Trinajstić information content (AvgIpc) is 2.74. The van der Waals surface area contributed by atoms with Crippen LogP contribution in [0.15, 0.2) is 23.1 Å². The summed E-state index contributed by atoms with van der Waals surface area (Å²) in [5, 5.41) is 0. The van der Waals surface area contributed by atoms with Gasteiger partial charge in [0.25, 0.3) is 0 Å². The number of ether oxygens (including phenoxy) is 3. The molecule has 2 saturated heterocycles. The molecule has 0 aromatic heterocycles. The van der Waals surface area contributed by atoms with Crippen molar-refractivity contribution < 1.29 is 27.4 Å². The van der Waals surface area contributed by atoms with Crippen molar-refractivity contribution in [1.82, 2.24) is 9.21 Å². The van der Waals surface area contributed by atoms with Gasteiger partial charge in [-0.1, -0.05) is 0 Å². The minimum Gasteiger partial charge on any atom is -0.493 e. The first-order chi connectivity index (χ1) is 13.9. The Morgan fingerprint density at radius 1 is 1.03 bits per heavy atom. The summed E-state index contributed by atoms with van der Waals surface area (Å²) in [6, 6.07) is 4.87. The van der Waals surface area contributed by atoms with Gasteiger partial charge in [0.05, 0.1) is 19.1 Å². The Bertz CT molecular complexity index is 814. The lowest BCUT2D eigenvalue weighted by molar-refractivity contribution is -0.137. The van der Waals surface area contributed by atoms with Gasteiger partial charge >= 0.3 is 0 Å². The summed E-state index contributed by atoms with van der Waals surface area (Å²) >= 11 is 0. The second-order valence-electron chi connectivity index (χ2n) is 7.42. The standard InChI is InChI=1S/C20H30N2O6S/c1-15(23)22(17-8-12-28-13-9-17)16-6-10-21(11-7-16)29(24,25)18-4-5-19(26-2)20(14-18)27-3/h4-5,14,16-17H,6-13H2,1-3H3. The van der Waals surface area contributed by atoms with Crippen LogP contribution in [-0.4, -0.2) is 76.1 Å². The maximum atomic E-state index is 13.1. The average molecular weight is 427 g/mol. The first-order valence-corrected chi connectivity index (χ1v) is 11.4. The predicted octanol–water partition coefficient (Wildman–Crippen LogP) is 1.88. The second kappa shape index (κ2) is 9.32. The quantitative estimate of drug-likeness (QED) is 0.691. The van der Waals surface area contributed by atoms with Crippen LogP contribution < -0.4 is 9.47 Å². The molecule has 2 aliphatic rings. The molecule has 2 heterocycles. The molecule has 0 unspecified atom stereocenters. The fourth-order valence-electron chi connectivity index (χ4n) is 4.26. The first-order valence-electron chi connectivity index (χ1n) is 9.97. The van der Waals surface area contributed by atoms with E-state index in [4.69, 9.17) is 14.2 Å². The molecular formula is C20H30N2O6S. The molecule has 0 aliphatic carbocycles. The normalized spacial score (nSPS) is 19.7. The van der Waals surface area contributed by atoms with Gasteiger partial charge in [0.15, 0.2) is 11.5 Å². The van der Waals surface area contributed by atoms with Crippen LogP contribution in [0.4, 0.5) is 0 Å². The molecule has 2 aliphatic heterocycles. The van der Waals surface area contributed by atoms with E-state index in [1.54, 1.807) is 13.0 Å². The van der Waals surface area contributed by atoms with Crippen molar-refractivity contribution in [1.29, 1.82) is 0 Å². The zero-order valence-corrected chi connectivity index (χ0v) is 18.1. The van der Waals surface area contributed by atoms with Crippen molar-refractivity contribution >= 4 is 15.9 Å². The van der Waals surface area contributed by atoms with Crippen molar-refractivity contribution in [3.8, 4) is 11.5 Å². The Balaban J connectivity index is 1.71. The van der Waals surface area contributed by atoms with E-state index in [0.717, 1.165) is 12.8 Å². The smallest absolute Gasteiger partial charge is 0.243 e. The molecule has 0 atom stereocenters. The van der Waals surface area contributed by atoms with Crippen LogP contribution in [0, 0.1) is 0 Å². The van der Waals surface area contributed by atoms with Crippen LogP contribution in [0.3, 0.4) is 0 Å². The molecule has 162 valence electrons. The summed E-state index contributed by atoms with van der Waals surface area (Å²) in [6.45, 7) is 3.70. The molecule has 0 spiro atoms. The molecule has 0 N–H and O–H groups in total. The molecule has 0 bridgehead atoms. The molecule has 2 fully saturated rings. The zero-order chi connectivity index (χ0) is 21.0. The summed E-state index contributed by atoms with van der Waals surface area (Å²) in [6.07, 6.45) is 2.93. The number of hydrogen-bond acceptors (Lipinski definition) is 6. The van der Waals surface area contributed by atoms with Gasteiger partial charge in [0.1, 0.15) is 0 Å². The summed E-state index contributed by atoms with van der Waals surface area (Å²) in [4.78, 5) is 14.4. The van der Waals surface area contributed by atoms with Crippen LogP contribution in [-0.2, 0) is 19.6 Å². The highest BCUT2D eigenvalue weighted by atomic mass is 32.2. The van der Waals surface area contributed by atoms with E-state index >= 15 is 0 Å². The Morgan fingerprint density at radius 2 is 1.62 bits per heavy atom. The molecule has 3 rings (SSSR count). The van der Waals surface area contributed by atoms with E-state index in [0.29, 0.717) is 50.6 Å². The molecule has 0 saturated carbocycles. The molecule has 1 aromatic carbocycles. The Kier molecular flexibility index (Phi) is 7.02. The number of nitrogens with zero attached hydrogens (tertiary/aromatic N) is 2. The van der Waals surface area contributed by atoms with E-state index in [1.165, 1.54) is 30.7 Å². The van der Waals surface area contributed by atoms with Crippen molar-refractivity contribution in [2.75, 3.05) is 40.5 Å². The van der Waals surface area contributed by atoms with E-state index in [9.17, 15) is 13.2 Å². The van der Waals surface area contributed by atoms with Crippen molar-refractivity contribution in [3.63, 3.8) is 0 Å². The third-order valence-corrected chi connectivity index (χ3v) is 7.65. The molecule has 9 heteroatoms. The van der Waals surface area contributed by atoms with Crippen molar-refractivity contribution in [2.24, 2.45) is 0 Å². The Morgan fingerprint density at radius 3 is 2.17 bits per heavy atom. The second-order valence-corrected chi connectivity index (χ2v) is 9.36. The number of carbonyl (C=O) groups is 1. The van der Waals surface area contributed by atoms with Gasteiger partial charge in [-0.2, -0.15) is 4.31 Å². The van der Waals surface area contributed by atoms with E-state index < -0.39 is 10.0 Å². The molecular weight excluding hydrogens is 396 g/mol. The van der Waals surface area contributed by atoms with Gasteiger partial charge < -0.3 is 19.1 Å². The lowest BCUT2D eigenvalue weighted by Gasteiger charge is -2.43. The molecule has 29 heavy (non-hydrogen) atoms. The van der Waals surface area contributed by atoms with E-state index in [1.807, 2.05) is 4.90 Å². The van der Waals surface area contributed by atoms with Crippen molar-refractivity contribution in [2.45, 2.75) is 49.6 Å². The fourth-order valence-corrected chi connectivity index (χ4v) is 5.75. The molecule has 0 radical (unpaired) electrons. The van der Waals surface area contributed by atoms with E-state index in [-0.39, 0.29) is 22.9 Å². The van der Waals surface area contributed by atoms with Crippen LogP contribution >= 0.6 is 0 Å². The minimum absolute atomic E-state index is 0.0538. The zero-order valence-electron chi connectivity index (χ0n) is 17.3. The maximum absolute atomic E-state index is 13.1. The minimum atomic E-state index is -3.64. The third kappa shape index (κ3) is 4.67. The lowest BCUT2D eigenvalue weighted by atomic mass is 9.99. The fraction of sp³-hybridized carbons (Fsp3) is 0.650. The van der Waals surface area contributed by atoms with Gasteiger partial charge in [0, 0.05) is 51.4 Å². The highest BCUT2D eigenvalue weighted by Gasteiger charge is 2.36. The van der Waals surface area contributed by atoms with Crippen LogP contribution in [0.25, 0.3) is 0 Å². The van der Waals surface area contributed by atoms with Crippen molar-refractivity contribution in [3.05, 3.63) is 18.2 Å². The number of carbonyl (C=O) groups excluding carboxylic acids is 1. The highest BCUT2D eigenvalue weighted by molar-refractivity contribution is 7.89. The number of hydrogen-bond donors (Lipinski definition) is 0. The number of amides is 1. The predicted molar refractivity (Wildman–Crippen MR) is 108 cm³/mol. The van der Waals surface area contributed by atoms with Gasteiger partial charge in [-0.15, -0.1) is 0 Å². The topological polar surface area (TPSA) is 85.4 Å². The van der Waals surface area contributed by atoms with E-state index in [2.05, 4.69) is 0 Å². The number of rotatable bonds is 6. The van der Waals surface area contributed by atoms with Crippen LogP contribution in [0.5, 0.6) is 11.5 Å². The summed E-state index contributed by atoms with van der Waals surface area (Å²) < 4.78 is 43.5. The molecule has 8 nitrogen and oxygen atoms in total. The number of benzene rings is 1. The first kappa shape index (κ1) is 21.9. The largest absolute Gasteiger partial charge is 0.493 e. The Labute approximate surface area is 172 Å². The maximum Gasteiger partial charge on any atom is 0.243 e. The lowest BCUT2D eigenvalue weighted by Crippen LogP contribution is -2.53. The number of piperidine rings is 1. The molecule has 1 amide bonds. The monoisotopic (exact) mass is 426 g/mol. The summed E-state index contributed by atoms with van der Waals surface area (Å²) in [5.74, 6) is 0.919. The molecule has 1 aromatic rings. The number of sulfonamides is 1. The van der Waals surface area contributed by atoms with Gasteiger partial charge in [-0.25, -0.2) is 8.42 Å². The summed E-state index contributed by atoms with van der Waals surface area (Å²) in [5.41, 5.74) is 0. The van der Waals surface area contributed by atoms with Gasteiger partial charge in [-0.05, 0) is 37.8 Å². The van der Waals surface area contributed by atoms with Crippen LogP contribution in [0.2, 0.25) is 0 Å². The SMILES string of the molecule is COc1ccc(S(=O)(=O)N2CCC(N(C(C)=O)C3CCOCC3)CC2)cc1OC.